The first kappa shape index (κ1) is 25.2. The molecule has 0 aliphatic carbocycles. The van der Waals surface area contributed by atoms with Crippen molar-refractivity contribution >= 4 is 76.0 Å². The Kier molecular flexibility index (Phi) is 7.59. The predicted octanol–water partition coefficient (Wildman–Crippen LogP) is 5.33. The summed E-state index contributed by atoms with van der Waals surface area (Å²) in [5.74, 6) is -2.05. The molecule has 3 aromatic rings. The lowest BCUT2D eigenvalue weighted by Gasteiger charge is -2.26. The summed E-state index contributed by atoms with van der Waals surface area (Å²) in [5, 5.41) is 5.84. The summed E-state index contributed by atoms with van der Waals surface area (Å²) in [4.78, 5) is 51.2. The van der Waals surface area contributed by atoms with Crippen molar-refractivity contribution in [3.63, 3.8) is 0 Å². The standard InChI is InChI=1S/C25H16Cl3N3O5/c26-15-5-8-17(9-6-15)31-24(34)18(23(33)30-25(31)35)12-14-11-16(27)7-10-21(14)36-13-22(32)29-20-4-2-1-3-19(20)28/h1-12H,13H2,(H,29,32)(H,30,33,35)/b18-12-. The van der Waals surface area contributed by atoms with Gasteiger partial charge in [0.05, 0.1) is 16.4 Å². The van der Waals surface area contributed by atoms with Gasteiger partial charge in [0.15, 0.2) is 6.61 Å². The molecule has 5 amide bonds. The average Bonchev–Trinajstić information content (AvgIpc) is 2.84. The van der Waals surface area contributed by atoms with Crippen molar-refractivity contribution in [3.8, 4) is 5.75 Å². The van der Waals surface area contributed by atoms with Crippen LogP contribution in [0.2, 0.25) is 15.1 Å². The van der Waals surface area contributed by atoms with Crippen LogP contribution in [0.3, 0.4) is 0 Å². The van der Waals surface area contributed by atoms with Crippen LogP contribution in [0.4, 0.5) is 16.2 Å². The van der Waals surface area contributed by atoms with Crippen LogP contribution in [0.1, 0.15) is 5.56 Å². The highest BCUT2D eigenvalue weighted by atomic mass is 35.5. The zero-order valence-corrected chi connectivity index (χ0v) is 20.5. The molecule has 0 aromatic heterocycles. The highest BCUT2D eigenvalue weighted by molar-refractivity contribution is 6.39. The van der Waals surface area contributed by atoms with E-state index in [4.69, 9.17) is 39.5 Å². The minimum Gasteiger partial charge on any atom is -0.483 e. The van der Waals surface area contributed by atoms with Gasteiger partial charge in [0.2, 0.25) is 0 Å². The van der Waals surface area contributed by atoms with E-state index in [1.807, 2.05) is 0 Å². The van der Waals surface area contributed by atoms with Gasteiger partial charge in [-0.1, -0.05) is 46.9 Å². The van der Waals surface area contributed by atoms with E-state index in [9.17, 15) is 19.2 Å². The van der Waals surface area contributed by atoms with Crippen LogP contribution < -0.4 is 20.3 Å². The molecule has 0 radical (unpaired) electrons. The Morgan fingerprint density at radius 3 is 2.36 bits per heavy atom. The Bertz CT molecular complexity index is 1410. The van der Waals surface area contributed by atoms with Crippen molar-refractivity contribution in [2.45, 2.75) is 0 Å². The number of carbonyl (C=O) groups is 4. The number of nitrogens with zero attached hydrogens (tertiary/aromatic N) is 1. The fraction of sp³-hybridized carbons (Fsp3) is 0.0400. The van der Waals surface area contributed by atoms with Gasteiger partial charge >= 0.3 is 6.03 Å². The van der Waals surface area contributed by atoms with E-state index in [-0.39, 0.29) is 22.6 Å². The molecular formula is C25H16Cl3N3O5. The summed E-state index contributed by atoms with van der Waals surface area (Å²) >= 11 is 18.1. The first-order chi connectivity index (χ1) is 17.2. The first-order valence-electron chi connectivity index (χ1n) is 10.4. The summed E-state index contributed by atoms with van der Waals surface area (Å²) in [6.07, 6.45) is 1.24. The molecule has 2 N–H and O–H groups in total. The minimum absolute atomic E-state index is 0.178. The van der Waals surface area contributed by atoms with E-state index in [0.29, 0.717) is 20.8 Å². The molecule has 1 fully saturated rings. The quantitative estimate of drug-likeness (QED) is 0.322. The third-order valence-electron chi connectivity index (χ3n) is 4.96. The van der Waals surface area contributed by atoms with E-state index in [0.717, 1.165) is 4.90 Å². The van der Waals surface area contributed by atoms with Gasteiger partial charge < -0.3 is 10.1 Å². The Morgan fingerprint density at radius 1 is 0.944 bits per heavy atom. The van der Waals surface area contributed by atoms with Crippen LogP contribution in [0.5, 0.6) is 5.75 Å². The number of hydrogen-bond acceptors (Lipinski definition) is 5. The number of carbonyl (C=O) groups excluding carboxylic acids is 4. The predicted molar refractivity (Wildman–Crippen MR) is 137 cm³/mol. The number of imide groups is 2. The zero-order chi connectivity index (χ0) is 25.8. The molecule has 8 nitrogen and oxygen atoms in total. The van der Waals surface area contributed by atoms with Gasteiger partial charge in [-0.2, -0.15) is 0 Å². The van der Waals surface area contributed by atoms with Crippen molar-refractivity contribution in [1.29, 1.82) is 0 Å². The highest BCUT2D eigenvalue weighted by Crippen LogP contribution is 2.28. The lowest BCUT2D eigenvalue weighted by Crippen LogP contribution is -2.54. The number of para-hydroxylation sites is 1. The molecule has 0 bridgehead atoms. The molecule has 3 aromatic carbocycles. The van der Waals surface area contributed by atoms with Gasteiger partial charge in [-0.05, 0) is 60.7 Å². The molecule has 0 saturated carbocycles. The molecule has 1 heterocycles. The molecule has 36 heavy (non-hydrogen) atoms. The summed E-state index contributed by atoms with van der Waals surface area (Å²) < 4.78 is 5.63. The summed E-state index contributed by atoms with van der Waals surface area (Å²) in [6.45, 7) is -0.390. The van der Waals surface area contributed by atoms with Crippen LogP contribution in [0, 0.1) is 0 Å². The molecule has 0 unspecified atom stereocenters. The molecule has 182 valence electrons. The molecular weight excluding hydrogens is 529 g/mol. The second-order valence-electron chi connectivity index (χ2n) is 7.43. The SMILES string of the molecule is O=C(COc1ccc(Cl)cc1/C=C1/C(=O)NC(=O)N(c2ccc(Cl)cc2)C1=O)Nc1ccccc1Cl. The summed E-state index contributed by atoms with van der Waals surface area (Å²) in [5.41, 5.74) is 0.552. The minimum atomic E-state index is -0.900. The second kappa shape index (κ2) is 10.8. The Hall–Kier alpha value is -3.85. The molecule has 1 saturated heterocycles. The number of ether oxygens (including phenoxy) is 1. The number of rotatable bonds is 6. The molecule has 1 aliphatic rings. The van der Waals surface area contributed by atoms with E-state index in [1.54, 1.807) is 24.3 Å². The van der Waals surface area contributed by atoms with E-state index in [1.165, 1.54) is 48.5 Å². The smallest absolute Gasteiger partial charge is 0.335 e. The van der Waals surface area contributed by atoms with Crippen molar-refractivity contribution < 1.29 is 23.9 Å². The number of halogens is 3. The van der Waals surface area contributed by atoms with Crippen LogP contribution in [0.15, 0.2) is 72.3 Å². The van der Waals surface area contributed by atoms with Crippen molar-refractivity contribution in [2.75, 3.05) is 16.8 Å². The van der Waals surface area contributed by atoms with Gasteiger partial charge in [0.25, 0.3) is 17.7 Å². The number of nitrogens with one attached hydrogen (secondary N) is 2. The molecule has 0 spiro atoms. The van der Waals surface area contributed by atoms with Crippen LogP contribution in [-0.4, -0.2) is 30.4 Å². The average molecular weight is 545 g/mol. The third-order valence-corrected chi connectivity index (χ3v) is 5.78. The highest BCUT2D eigenvalue weighted by Gasteiger charge is 2.37. The zero-order valence-electron chi connectivity index (χ0n) is 18.3. The van der Waals surface area contributed by atoms with E-state index in [2.05, 4.69) is 10.6 Å². The van der Waals surface area contributed by atoms with Crippen molar-refractivity contribution in [2.24, 2.45) is 0 Å². The van der Waals surface area contributed by atoms with Gasteiger partial charge in [-0.25, -0.2) is 9.69 Å². The first-order valence-corrected chi connectivity index (χ1v) is 11.5. The number of amides is 5. The van der Waals surface area contributed by atoms with Crippen LogP contribution in [-0.2, 0) is 14.4 Å². The Balaban J connectivity index is 1.58. The fourth-order valence-electron chi connectivity index (χ4n) is 3.29. The lowest BCUT2D eigenvalue weighted by molar-refractivity contribution is -0.122. The summed E-state index contributed by atoms with van der Waals surface area (Å²) in [7, 11) is 0. The molecule has 4 rings (SSSR count). The topological polar surface area (TPSA) is 105 Å². The van der Waals surface area contributed by atoms with Gasteiger partial charge in [-0.15, -0.1) is 0 Å². The molecule has 1 aliphatic heterocycles. The Labute approximate surface area is 220 Å². The maximum Gasteiger partial charge on any atom is 0.335 e. The number of hydrogen-bond donors (Lipinski definition) is 2. The van der Waals surface area contributed by atoms with Crippen molar-refractivity contribution in [1.82, 2.24) is 5.32 Å². The van der Waals surface area contributed by atoms with Gasteiger partial charge in [0.1, 0.15) is 11.3 Å². The second-order valence-corrected chi connectivity index (χ2v) is 8.71. The van der Waals surface area contributed by atoms with Crippen molar-refractivity contribution in [3.05, 3.63) is 92.9 Å². The van der Waals surface area contributed by atoms with E-state index < -0.39 is 30.4 Å². The van der Waals surface area contributed by atoms with E-state index >= 15 is 0 Å². The molecule has 0 atom stereocenters. The third kappa shape index (κ3) is 5.68. The fourth-order valence-corrected chi connectivity index (χ4v) is 3.78. The number of anilines is 2. The normalized spacial score (nSPS) is 14.6. The number of urea groups is 1. The largest absolute Gasteiger partial charge is 0.483 e. The monoisotopic (exact) mass is 543 g/mol. The van der Waals surface area contributed by atoms with Crippen LogP contribution >= 0.6 is 34.8 Å². The lowest BCUT2D eigenvalue weighted by atomic mass is 10.1. The maximum atomic E-state index is 13.1. The number of benzene rings is 3. The van der Waals surface area contributed by atoms with Crippen LogP contribution in [0.25, 0.3) is 6.08 Å². The summed E-state index contributed by atoms with van der Waals surface area (Å²) in [6, 6.07) is 16.2. The maximum absolute atomic E-state index is 13.1. The Morgan fingerprint density at radius 2 is 1.64 bits per heavy atom. The number of barbiturate groups is 1. The van der Waals surface area contributed by atoms with Gasteiger partial charge in [-0.3, -0.25) is 19.7 Å². The van der Waals surface area contributed by atoms with Gasteiger partial charge in [0, 0.05) is 15.6 Å². The molecule has 11 heteroatoms.